The van der Waals surface area contributed by atoms with Crippen LogP contribution in [0.5, 0.6) is 0 Å². The maximum absolute atomic E-state index is 12.6. The van der Waals surface area contributed by atoms with Gasteiger partial charge in [0.25, 0.3) is 0 Å². The number of benzene rings is 2. The number of thioether (sulfide) groups is 1. The molecule has 0 aromatic heterocycles. The number of rotatable bonds is 8. The maximum atomic E-state index is 12.6. The molecule has 0 unspecified atom stereocenters. The molecule has 0 saturated heterocycles. The number of hydrogen-bond donors (Lipinski definition) is 1. The van der Waals surface area contributed by atoms with Crippen molar-refractivity contribution >= 4 is 45.0 Å². The Bertz CT molecular complexity index is 931. The molecular weight excluding hydrogens is 416 g/mol. The van der Waals surface area contributed by atoms with Crippen molar-refractivity contribution in [1.29, 1.82) is 0 Å². The molecule has 0 radical (unpaired) electrons. The highest BCUT2D eigenvalue weighted by molar-refractivity contribution is 7.99. The van der Waals surface area contributed by atoms with Gasteiger partial charge in [0.15, 0.2) is 0 Å². The summed E-state index contributed by atoms with van der Waals surface area (Å²) in [5.41, 5.74) is 2.41. The summed E-state index contributed by atoms with van der Waals surface area (Å²) < 4.78 is 25.7. The fourth-order valence-corrected chi connectivity index (χ4v) is 4.76. The third kappa shape index (κ3) is 6.15. The summed E-state index contributed by atoms with van der Waals surface area (Å²) in [5, 5.41) is 3.27. The third-order valence-electron chi connectivity index (χ3n) is 4.19. The van der Waals surface area contributed by atoms with Crippen LogP contribution in [0.4, 0.5) is 5.69 Å². The van der Waals surface area contributed by atoms with Crippen LogP contribution in [0.2, 0.25) is 5.02 Å². The fraction of sp³-hybridized carbons (Fsp3) is 0.350. The van der Waals surface area contributed by atoms with Crippen molar-refractivity contribution in [2.75, 3.05) is 22.9 Å². The summed E-state index contributed by atoms with van der Waals surface area (Å²) in [4.78, 5) is 13.7. The Morgan fingerprint density at radius 2 is 1.82 bits per heavy atom. The number of carbonyl (C=O) groups excluding carboxylic acids is 1. The van der Waals surface area contributed by atoms with E-state index in [1.54, 1.807) is 36.9 Å². The predicted molar refractivity (Wildman–Crippen MR) is 118 cm³/mol. The van der Waals surface area contributed by atoms with Gasteiger partial charge in [-0.15, -0.1) is 11.8 Å². The monoisotopic (exact) mass is 440 g/mol. The van der Waals surface area contributed by atoms with Crippen molar-refractivity contribution in [3.8, 4) is 0 Å². The Balaban J connectivity index is 2.01. The van der Waals surface area contributed by atoms with E-state index in [4.69, 9.17) is 11.6 Å². The first-order valence-corrected chi connectivity index (χ1v) is 12.0. The number of nitrogens with zero attached hydrogens (tertiary/aromatic N) is 1. The molecule has 0 aliphatic rings. The first kappa shape index (κ1) is 22.6. The highest BCUT2D eigenvalue weighted by Crippen LogP contribution is 2.26. The lowest BCUT2D eigenvalue weighted by atomic mass is 10.2. The van der Waals surface area contributed by atoms with Crippen molar-refractivity contribution in [2.24, 2.45) is 0 Å². The number of aryl methyl sites for hydroxylation is 2. The summed E-state index contributed by atoms with van der Waals surface area (Å²) >= 11 is 7.77. The molecule has 1 amide bonds. The molecule has 0 fully saturated rings. The summed E-state index contributed by atoms with van der Waals surface area (Å²) in [6.45, 7) is 5.87. The van der Waals surface area contributed by atoms with E-state index in [0.29, 0.717) is 23.0 Å². The van der Waals surface area contributed by atoms with Crippen LogP contribution in [0.1, 0.15) is 18.1 Å². The first-order chi connectivity index (χ1) is 13.1. The second kappa shape index (κ2) is 9.67. The van der Waals surface area contributed by atoms with E-state index in [0.717, 1.165) is 21.0 Å². The Kier molecular flexibility index (Phi) is 7.80. The van der Waals surface area contributed by atoms with Crippen LogP contribution < -0.4 is 9.62 Å². The van der Waals surface area contributed by atoms with E-state index in [1.165, 1.54) is 5.56 Å². The van der Waals surface area contributed by atoms with Crippen molar-refractivity contribution < 1.29 is 13.2 Å². The summed E-state index contributed by atoms with van der Waals surface area (Å²) in [6.07, 6.45) is 1.08. The minimum absolute atomic E-state index is 0.355. The van der Waals surface area contributed by atoms with Crippen LogP contribution in [0, 0.1) is 13.8 Å². The highest BCUT2D eigenvalue weighted by Gasteiger charge is 2.29. The van der Waals surface area contributed by atoms with Crippen LogP contribution in [0.25, 0.3) is 0 Å². The lowest BCUT2D eigenvalue weighted by Crippen LogP contribution is -2.48. The highest BCUT2D eigenvalue weighted by atomic mass is 35.5. The number of halogens is 1. The molecule has 2 aromatic carbocycles. The molecule has 0 spiro atoms. The van der Waals surface area contributed by atoms with E-state index in [1.807, 2.05) is 38.1 Å². The van der Waals surface area contributed by atoms with E-state index in [2.05, 4.69) is 5.32 Å². The van der Waals surface area contributed by atoms with Gasteiger partial charge in [0.1, 0.15) is 6.04 Å². The number of hydrogen-bond acceptors (Lipinski definition) is 4. The SMILES string of the molecule is Cc1ccc(SCCNC(=O)[C@H](C)N(c2ccc(C)c(Cl)c2)S(C)(=O)=O)cc1. The smallest absolute Gasteiger partial charge is 0.243 e. The zero-order chi connectivity index (χ0) is 20.9. The van der Waals surface area contributed by atoms with Crippen molar-refractivity contribution in [3.63, 3.8) is 0 Å². The van der Waals surface area contributed by atoms with Gasteiger partial charge in [-0.1, -0.05) is 35.4 Å². The average Bonchev–Trinajstić information content (AvgIpc) is 2.62. The van der Waals surface area contributed by atoms with Gasteiger partial charge < -0.3 is 5.32 Å². The van der Waals surface area contributed by atoms with Crippen LogP contribution in [0.15, 0.2) is 47.4 Å². The molecule has 0 aliphatic carbocycles. The zero-order valence-corrected chi connectivity index (χ0v) is 18.8. The normalized spacial score (nSPS) is 12.5. The Morgan fingerprint density at radius 3 is 2.39 bits per heavy atom. The molecule has 2 aromatic rings. The van der Waals surface area contributed by atoms with Crippen molar-refractivity contribution in [1.82, 2.24) is 5.32 Å². The van der Waals surface area contributed by atoms with Crippen LogP contribution in [-0.4, -0.2) is 38.9 Å². The molecule has 0 aliphatic heterocycles. The van der Waals surface area contributed by atoms with E-state index < -0.39 is 16.1 Å². The molecule has 1 N–H and O–H groups in total. The largest absolute Gasteiger partial charge is 0.353 e. The van der Waals surface area contributed by atoms with Gasteiger partial charge in [0, 0.05) is 22.2 Å². The molecule has 2 rings (SSSR count). The van der Waals surface area contributed by atoms with Gasteiger partial charge in [-0.25, -0.2) is 8.42 Å². The van der Waals surface area contributed by atoms with E-state index in [9.17, 15) is 13.2 Å². The van der Waals surface area contributed by atoms with Crippen molar-refractivity contribution in [2.45, 2.75) is 31.7 Å². The number of nitrogens with one attached hydrogen (secondary N) is 1. The molecular formula is C20H25ClN2O3S2. The van der Waals surface area contributed by atoms with Gasteiger partial charge in [-0.05, 0) is 50.6 Å². The number of sulfonamides is 1. The van der Waals surface area contributed by atoms with Gasteiger partial charge in [-0.2, -0.15) is 0 Å². The maximum Gasteiger partial charge on any atom is 0.243 e. The molecule has 28 heavy (non-hydrogen) atoms. The second-order valence-electron chi connectivity index (χ2n) is 6.62. The predicted octanol–water partition coefficient (Wildman–Crippen LogP) is 4.02. The number of anilines is 1. The zero-order valence-electron chi connectivity index (χ0n) is 16.4. The average molecular weight is 441 g/mol. The molecule has 8 heteroatoms. The standard InChI is InChI=1S/C20H25ClN2O3S2/c1-14-5-9-18(10-6-14)27-12-11-22-20(24)16(3)23(28(4,25)26)17-8-7-15(2)19(21)13-17/h5-10,13,16H,11-12H2,1-4H3,(H,22,24)/t16-/m0/s1. The van der Waals surface area contributed by atoms with Gasteiger partial charge in [0.05, 0.1) is 11.9 Å². The second-order valence-corrected chi connectivity index (χ2v) is 10.1. The molecule has 1 atom stereocenters. The summed E-state index contributed by atoms with van der Waals surface area (Å²) in [5.74, 6) is 0.336. The molecule has 0 bridgehead atoms. The van der Waals surface area contributed by atoms with E-state index >= 15 is 0 Å². The van der Waals surface area contributed by atoms with Gasteiger partial charge in [-0.3, -0.25) is 9.10 Å². The Hall–Kier alpha value is -1.70. The topological polar surface area (TPSA) is 66.5 Å². The van der Waals surface area contributed by atoms with Crippen molar-refractivity contribution in [3.05, 3.63) is 58.6 Å². The minimum atomic E-state index is -3.66. The minimum Gasteiger partial charge on any atom is -0.353 e. The molecule has 5 nitrogen and oxygen atoms in total. The number of amides is 1. The van der Waals surface area contributed by atoms with Crippen LogP contribution >= 0.6 is 23.4 Å². The van der Waals surface area contributed by atoms with Crippen LogP contribution in [0.3, 0.4) is 0 Å². The fourth-order valence-electron chi connectivity index (χ4n) is 2.65. The van der Waals surface area contributed by atoms with Crippen LogP contribution in [-0.2, 0) is 14.8 Å². The molecule has 152 valence electrons. The Labute approximate surface area is 176 Å². The van der Waals surface area contributed by atoms with Gasteiger partial charge in [0.2, 0.25) is 15.9 Å². The summed E-state index contributed by atoms with van der Waals surface area (Å²) in [7, 11) is -3.66. The first-order valence-electron chi connectivity index (χ1n) is 8.82. The third-order valence-corrected chi connectivity index (χ3v) is 6.85. The van der Waals surface area contributed by atoms with Gasteiger partial charge >= 0.3 is 0 Å². The lowest BCUT2D eigenvalue weighted by Gasteiger charge is -2.28. The van der Waals surface area contributed by atoms with E-state index in [-0.39, 0.29) is 5.91 Å². The molecule has 0 saturated carbocycles. The lowest BCUT2D eigenvalue weighted by molar-refractivity contribution is -0.121. The summed E-state index contributed by atoms with van der Waals surface area (Å²) in [6, 6.07) is 12.2. The quantitative estimate of drug-likeness (QED) is 0.497. The number of carbonyl (C=O) groups is 1. The molecule has 0 heterocycles. The Morgan fingerprint density at radius 1 is 1.18 bits per heavy atom.